The molecule has 3 aromatic carbocycles. The fourth-order valence-corrected chi connectivity index (χ4v) is 6.23. The number of quaternary nitrogens is 1. The fraction of sp³-hybridized carbons (Fsp3) is 0.382. The molecule has 3 aliphatic heterocycles. The summed E-state index contributed by atoms with van der Waals surface area (Å²) in [6, 6.07) is 26.7. The van der Waals surface area contributed by atoms with Crippen LogP contribution in [-0.4, -0.2) is 61.0 Å². The number of fused-ring (bicyclic) bond motifs is 3. The van der Waals surface area contributed by atoms with Gasteiger partial charge in [0.15, 0.2) is 12.1 Å². The van der Waals surface area contributed by atoms with Crippen molar-refractivity contribution in [2.45, 2.75) is 44.8 Å². The summed E-state index contributed by atoms with van der Waals surface area (Å²) in [5.74, 6) is 0.168. The zero-order valence-corrected chi connectivity index (χ0v) is 23.8. The Morgan fingerprint density at radius 3 is 2.22 bits per heavy atom. The predicted octanol–water partition coefficient (Wildman–Crippen LogP) is 4.94. The Morgan fingerprint density at radius 2 is 1.56 bits per heavy atom. The third kappa shape index (κ3) is 7.41. The molecule has 214 valence electrons. The Bertz CT molecular complexity index is 1320. The first-order valence-corrected chi connectivity index (χ1v) is 14.7. The van der Waals surface area contributed by atoms with E-state index in [9.17, 15) is 14.4 Å². The molecule has 3 aliphatic rings. The number of benzene rings is 3. The molecule has 6 rings (SSSR count). The number of amides is 1. The molecule has 2 bridgehead atoms. The highest BCUT2D eigenvalue weighted by molar-refractivity contribution is 5.97. The summed E-state index contributed by atoms with van der Waals surface area (Å²) in [4.78, 5) is 38.0. The Hall–Kier alpha value is -3.97. The summed E-state index contributed by atoms with van der Waals surface area (Å²) in [7, 11) is 0. The van der Waals surface area contributed by atoms with Gasteiger partial charge in [-0.15, -0.1) is 0 Å². The number of esters is 1. The second-order valence-corrected chi connectivity index (χ2v) is 11.5. The SMILES string of the molecule is CC(=O)NCCCc1ccc(C(=O)C[N+]23CCC(CC2)[C@@H](OC(=O)C(Nc2ccccc2)c2ccccc2)C3)cc1. The Morgan fingerprint density at radius 1 is 0.902 bits per heavy atom. The number of nitrogens with one attached hydrogen (secondary N) is 2. The maximum absolute atomic E-state index is 13.6. The summed E-state index contributed by atoms with van der Waals surface area (Å²) in [6.07, 6.45) is 3.43. The van der Waals surface area contributed by atoms with Crippen LogP contribution in [0.1, 0.15) is 53.7 Å². The lowest BCUT2D eigenvalue weighted by Crippen LogP contribution is -2.65. The average Bonchev–Trinajstić information content (AvgIpc) is 2.99. The summed E-state index contributed by atoms with van der Waals surface area (Å²) in [6.45, 7) is 5.15. The van der Waals surface area contributed by atoms with Gasteiger partial charge in [0.1, 0.15) is 13.1 Å². The van der Waals surface area contributed by atoms with Gasteiger partial charge in [-0.2, -0.15) is 0 Å². The largest absolute Gasteiger partial charge is 0.454 e. The molecule has 3 saturated heterocycles. The van der Waals surface area contributed by atoms with Gasteiger partial charge in [0, 0.05) is 43.5 Å². The van der Waals surface area contributed by atoms with Crippen molar-refractivity contribution < 1.29 is 23.6 Å². The lowest BCUT2D eigenvalue weighted by atomic mass is 9.82. The lowest BCUT2D eigenvalue weighted by molar-refractivity contribution is -0.938. The van der Waals surface area contributed by atoms with Gasteiger partial charge in [-0.1, -0.05) is 72.8 Å². The van der Waals surface area contributed by atoms with Crippen LogP contribution in [0.25, 0.3) is 0 Å². The van der Waals surface area contributed by atoms with Crippen molar-refractivity contribution in [1.29, 1.82) is 0 Å². The number of ketones is 1. The number of Topliss-reactive ketones (excluding diaryl/α,β-unsaturated/α-hetero) is 1. The van der Waals surface area contributed by atoms with Gasteiger partial charge in [-0.05, 0) is 36.1 Å². The summed E-state index contributed by atoms with van der Waals surface area (Å²) in [5.41, 5.74) is 3.60. The molecular weight excluding hydrogens is 514 g/mol. The van der Waals surface area contributed by atoms with E-state index >= 15 is 0 Å². The van der Waals surface area contributed by atoms with E-state index in [1.54, 1.807) is 0 Å². The number of carbonyl (C=O) groups excluding carboxylic acids is 3. The van der Waals surface area contributed by atoms with Crippen LogP contribution in [0.15, 0.2) is 84.9 Å². The topological polar surface area (TPSA) is 84.5 Å². The minimum atomic E-state index is -0.610. The molecule has 7 heteroatoms. The van der Waals surface area contributed by atoms with E-state index in [1.165, 1.54) is 6.92 Å². The van der Waals surface area contributed by atoms with Crippen molar-refractivity contribution in [1.82, 2.24) is 5.32 Å². The molecule has 41 heavy (non-hydrogen) atoms. The molecule has 2 N–H and O–H groups in total. The van der Waals surface area contributed by atoms with Gasteiger partial charge in [0.25, 0.3) is 0 Å². The highest BCUT2D eigenvalue weighted by atomic mass is 16.5. The van der Waals surface area contributed by atoms with Gasteiger partial charge in [-0.25, -0.2) is 4.79 Å². The number of hydrogen-bond donors (Lipinski definition) is 2. The molecule has 0 radical (unpaired) electrons. The van der Waals surface area contributed by atoms with Crippen LogP contribution in [-0.2, 0) is 20.7 Å². The molecular formula is C34H40N3O4+. The van der Waals surface area contributed by atoms with Crippen LogP contribution in [0.3, 0.4) is 0 Å². The number of anilines is 1. The Balaban J connectivity index is 1.21. The molecule has 3 heterocycles. The van der Waals surface area contributed by atoms with Crippen molar-refractivity contribution in [3.05, 3.63) is 102 Å². The third-order valence-corrected chi connectivity index (χ3v) is 8.53. The van der Waals surface area contributed by atoms with Crippen molar-refractivity contribution >= 4 is 23.3 Å². The number of carbonyl (C=O) groups is 3. The summed E-state index contributed by atoms with van der Waals surface area (Å²) < 4.78 is 6.92. The minimum Gasteiger partial charge on any atom is -0.454 e. The van der Waals surface area contributed by atoms with E-state index in [2.05, 4.69) is 10.6 Å². The number of rotatable bonds is 12. The molecule has 0 aromatic heterocycles. The lowest BCUT2D eigenvalue weighted by Gasteiger charge is -2.51. The van der Waals surface area contributed by atoms with E-state index in [-0.39, 0.29) is 23.8 Å². The zero-order chi connectivity index (χ0) is 28.7. The van der Waals surface area contributed by atoms with E-state index < -0.39 is 6.04 Å². The first-order valence-electron chi connectivity index (χ1n) is 14.7. The number of hydrogen-bond acceptors (Lipinski definition) is 5. The van der Waals surface area contributed by atoms with Gasteiger partial charge in [-0.3, -0.25) is 9.59 Å². The van der Waals surface area contributed by atoms with Gasteiger partial charge in [0.2, 0.25) is 11.7 Å². The molecule has 0 saturated carbocycles. The average molecular weight is 555 g/mol. The molecule has 2 atom stereocenters. The number of aryl methyl sites for hydroxylation is 1. The van der Waals surface area contributed by atoms with Crippen LogP contribution < -0.4 is 10.6 Å². The normalized spacial score (nSPS) is 22.0. The molecule has 7 nitrogen and oxygen atoms in total. The van der Waals surface area contributed by atoms with Crippen LogP contribution in [0, 0.1) is 5.92 Å². The quantitative estimate of drug-likeness (QED) is 0.143. The molecule has 0 spiro atoms. The van der Waals surface area contributed by atoms with E-state index in [0.717, 1.165) is 61.2 Å². The minimum absolute atomic E-state index is 0.0166. The smallest absolute Gasteiger partial charge is 0.333 e. The highest BCUT2D eigenvalue weighted by Crippen LogP contribution is 2.37. The number of ether oxygens (including phenoxy) is 1. The standard InChI is InChI=1S/C34H39N3O4/c1-25(38)35-20-8-9-26-14-16-27(17-15-26)31(39)23-37-21-18-28(19-22-37)32(24-37)41-34(40)33(29-10-4-2-5-11-29)36-30-12-6-3-7-13-30/h2-7,10-17,28,32-33,36H,8-9,18-24H2,1H3/p+1/t28?,32-,33?,37?/m0/s1. The molecule has 1 unspecified atom stereocenters. The number of nitrogens with zero attached hydrogens (tertiary/aromatic N) is 1. The maximum Gasteiger partial charge on any atom is 0.333 e. The molecule has 3 fully saturated rings. The highest BCUT2D eigenvalue weighted by Gasteiger charge is 2.49. The second-order valence-electron chi connectivity index (χ2n) is 11.5. The van der Waals surface area contributed by atoms with Crippen LogP contribution in [0.2, 0.25) is 0 Å². The monoisotopic (exact) mass is 554 g/mol. The second kappa shape index (κ2) is 13.1. The number of piperidine rings is 3. The third-order valence-electron chi connectivity index (χ3n) is 8.53. The van der Waals surface area contributed by atoms with Crippen molar-refractivity contribution in [2.75, 3.05) is 38.0 Å². The number of para-hydroxylation sites is 1. The van der Waals surface area contributed by atoms with E-state index in [1.807, 2.05) is 84.9 Å². The predicted molar refractivity (Wildman–Crippen MR) is 159 cm³/mol. The first-order chi connectivity index (χ1) is 19.9. The summed E-state index contributed by atoms with van der Waals surface area (Å²) >= 11 is 0. The van der Waals surface area contributed by atoms with Crippen LogP contribution in [0.5, 0.6) is 0 Å². The van der Waals surface area contributed by atoms with E-state index in [0.29, 0.717) is 30.0 Å². The molecule has 0 aliphatic carbocycles. The summed E-state index contributed by atoms with van der Waals surface area (Å²) in [5, 5.41) is 6.18. The zero-order valence-electron chi connectivity index (χ0n) is 23.8. The Kier molecular flexibility index (Phi) is 9.14. The van der Waals surface area contributed by atoms with Crippen molar-refractivity contribution in [2.24, 2.45) is 5.92 Å². The molecule has 3 aromatic rings. The fourth-order valence-electron chi connectivity index (χ4n) is 6.23. The Labute approximate surface area is 242 Å². The van der Waals surface area contributed by atoms with Gasteiger partial charge in [0.05, 0.1) is 13.1 Å². The van der Waals surface area contributed by atoms with Crippen molar-refractivity contribution in [3.63, 3.8) is 0 Å². The maximum atomic E-state index is 13.6. The van der Waals surface area contributed by atoms with Crippen molar-refractivity contribution in [3.8, 4) is 0 Å². The van der Waals surface area contributed by atoms with Crippen LogP contribution >= 0.6 is 0 Å². The van der Waals surface area contributed by atoms with E-state index in [4.69, 9.17) is 4.74 Å². The van der Waals surface area contributed by atoms with Gasteiger partial charge >= 0.3 is 5.97 Å². The first kappa shape index (κ1) is 28.6. The van der Waals surface area contributed by atoms with Gasteiger partial charge < -0.3 is 19.9 Å². The molecule has 1 amide bonds. The van der Waals surface area contributed by atoms with Crippen LogP contribution in [0.4, 0.5) is 5.69 Å².